The van der Waals surface area contributed by atoms with E-state index in [2.05, 4.69) is 62.4 Å². The van der Waals surface area contributed by atoms with Gasteiger partial charge in [-0.25, -0.2) is 4.98 Å². The molecule has 2 rings (SSSR count). The molecule has 1 aromatic carbocycles. The summed E-state index contributed by atoms with van der Waals surface area (Å²) in [6.45, 7) is 7.38. The Morgan fingerprint density at radius 1 is 1.31 bits per heavy atom. The van der Waals surface area contributed by atoms with Crippen molar-refractivity contribution in [2.45, 2.75) is 51.5 Å². The molecule has 0 saturated heterocycles. The van der Waals surface area contributed by atoms with Crippen LogP contribution in [0.3, 0.4) is 0 Å². The second kappa shape index (κ2) is 10.4. The molecule has 142 valence electrons. The molecule has 0 radical (unpaired) electrons. The van der Waals surface area contributed by atoms with E-state index < -0.39 is 0 Å². The zero-order valence-electron chi connectivity index (χ0n) is 16.1. The number of aromatic nitrogens is 1. The fraction of sp³-hybridized carbons (Fsp3) is 0.476. The minimum absolute atomic E-state index is 0.352. The predicted octanol–water partition coefficient (Wildman–Crippen LogP) is 6.08. The maximum absolute atomic E-state index is 6.13. The number of nitrogens with zero attached hydrogens (tertiary/aromatic N) is 1. The summed E-state index contributed by atoms with van der Waals surface area (Å²) in [7, 11) is 5.66. The summed E-state index contributed by atoms with van der Waals surface area (Å²) in [6, 6.07) is 8.27. The molecule has 3 nitrogen and oxygen atoms in total. The molecule has 1 heterocycles. The molecule has 0 aliphatic rings. The number of ether oxygens (including phenoxy) is 1. The van der Waals surface area contributed by atoms with Crippen LogP contribution >= 0.6 is 18.5 Å². The monoisotopic (exact) mass is 391 g/mol. The molecule has 0 spiro atoms. The second-order valence-corrected chi connectivity index (χ2v) is 9.89. The summed E-state index contributed by atoms with van der Waals surface area (Å²) in [6.07, 6.45) is 9.82. The number of rotatable bonds is 10. The minimum Gasteiger partial charge on any atom is -0.445 e. The van der Waals surface area contributed by atoms with E-state index in [-0.39, 0.29) is 5.08 Å². The van der Waals surface area contributed by atoms with Crippen molar-refractivity contribution in [2.24, 2.45) is 5.92 Å². The van der Waals surface area contributed by atoms with Crippen molar-refractivity contribution >= 4 is 18.5 Å². The Kier molecular flexibility index (Phi) is 8.48. The Morgan fingerprint density at radius 3 is 2.81 bits per heavy atom. The Balaban J connectivity index is 1.81. The van der Waals surface area contributed by atoms with Gasteiger partial charge >= 0.3 is 0 Å². The topological polar surface area (TPSA) is 35.3 Å². The maximum atomic E-state index is 6.13. The van der Waals surface area contributed by atoms with E-state index in [1.54, 1.807) is 12.5 Å². The highest BCUT2D eigenvalue weighted by Crippen LogP contribution is 2.34. The molecule has 3 atom stereocenters. The van der Waals surface area contributed by atoms with E-state index in [1.165, 1.54) is 17.6 Å². The molecule has 26 heavy (non-hydrogen) atoms. The van der Waals surface area contributed by atoms with Gasteiger partial charge in [-0.05, 0) is 56.7 Å². The third-order valence-corrected chi connectivity index (χ3v) is 5.02. The first kappa shape index (κ1) is 21.3. The maximum Gasteiger partial charge on any atom is 0.225 e. The van der Waals surface area contributed by atoms with Crippen molar-refractivity contribution < 1.29 is 9.15 Å². The van der Waals surface area contributed by atoms with Crippen LogP contribution in [0.5, 0.6) is 0 Å². The minimum atomic E-state index is -0.352. The molecule has 0 aliphatic heterocycles. The van der Waals surface area contributed by atoms with Crippen molar-refractivity contribution in [3.63, 3.8) is 0 Å². The average molecular weight is 391 g/mol. The van der Waals surface area contributed by atoms with Gasteiger partial charge in [-0.1, -0.05) is 49.2 Å². The smallest absolute Gasteiger partial charge is 0.225 e. The molecular formula is C21H31NO2P2. The molecule has 0 bridgehead atoms. The molecule has 0 amide bonds. The Labute approximate surface area is 162 Å². The lowest BCUT2D eigenvalue weighted by Crippen LogP contribution is -2.21. The van der Waals surface area contributed by atoms with Gasteiger partial charge in [0.2, 0.25) is 5.89 Å². The largest absolute Gasteiger partial charge is 0.445 e. The summed E-state index contributed by atoms with van der Waals surface area (Å²) in [5.74, 6) is 1.32. The summed E-state index contributed by atoms with van der Waals surface area (Å²) >= 11 is 0. The van der Waals surface area contributed by atoms with Crippen LogP contribution in [0.25, 0.3) is 11.5 Å². The standard InChI is InChI=1S/C21H31NO2P2/c1-16(2)6-4-7-17(3)10-12-24-21(25,26)15-18-8-5-9-19(14-18)20-22-11-13-23-20/h5-6,8-9,11,13-14,17H,4,7,10,12,15,25-26H2,1-3H3/t17-/m0/s1. The van der Waals surface area contributed by atoms with Crippen LogP contribution in [0, 0.1) is 5.92 Å². The fourth-order valence-corrected chi connectivity index (χ4v) is 3.51. The van der Waals surface area contributed by atoms with Gasteiger partial charge in [-0.15, -0.1) is 0 Å². The van der Waals surface area contributed by atoms with Crippen LogP contribution in [0.15, 0.2) is 52.8 Å². The lowest BCUT2D eigenvalue weighted by Gasteiger charge is -2.26. The van der Waals surface area contributed by atoms with Gasteiger partial charge in [-0.2, -0.15) is 0 Å². The van der Waals surface area contributed by atoms with Crippen LogP contribution < -0.4 is 0 Å². The number of hydrogen-bond donors (Lipinski definition) is 0. The van der Waals surface area contributed by atoms with Crippen molar-refractivity contribution in [3.05, 3.63) is 53.9 Å². The quantitative estimate of drug-likeness (QED) is 0.364. The molecule has 5 heteroatoms. The lowest BCUT2D eigenvalue weighted by atomic mass is 10.0. The molecule has 0 aliphatic carbocycles. The lowest BCUT2D eigenvalue weighted by molar-refractivity contribution is 0.0775. The fourth-order valence-electron chi connectivity index (χ4n) is 2.80. The predicted molar refractivity (Wildman–Crippen MR) is 116 cm³/mol. The van der Waals surface area contributed by atoms with Crippen LogP contribution in [0.2, 0.25) is 0 Å². The van der Waals surface area contributed by atoms with Gasteiger partial charge in [0.1, 0.15) is 6.26 Å². The van der Waals surface area contributed by atoms with Gasteiger partial charge in [0.15, 0.2) is 0 Å². The van der Waals surface area contributed by atoms with Crippen LogP contribution in [0.1, 0.15) is 45.6 Å². The van der Waals surface area contributed by atoms with E-state index in [0.717, 1.165) is 31.4 Å². The third-order valence-electron chi connectivity index (χ3n) is 4.28. The number of oxazole rings is 1. The zero-order valence-corrected chi connectivity index (χ0v) is 18.4. The molecule has 0 fully saturated rings. The van der Waals surface area contributed by atoms with E-state index in [1.807, 2.05) is 12.1 Å². The Hall–Kier alpha value is -1.01. The van der Waals surface area contributed by atoms with Crippen LogP contribution in [0.4, 0.5) is 0 Å². The van der Waals surface area contributed by atoms with Crippen molar-refractivity contribution in [2.75, 3.05) is 6.61 Å². The number of allylic oxidation sites excluding steroid dienone is 2. The van der Waals surface area contributed by atoms with Gasteiger partial charge in [-0.3, -0.25) is 0 Å². The van der Waals surface area contributed by atoms with E-state index in [9.17, 15) is 0 Å². The highest BCUT2D eigenvalue weighted by molar-refractivity contribution is 7.39. The van der Waals surface area contributed by atoms with Gasteiger partial charge in [0, 0.05) is 18.6 Å². The molecular weight excluding hydrogens is 360 g/mol. The van der Waals surface area contributed by atoms with E-state index in [0.29, 0.717) is 11.8 Å². The first-order valence-corrected chi connectivity index (χ1v) is 10.3. The normalized spacial score (nSPS) is 12.8. The first-order valence-electron chi connectivity index (χ1n) is 9.19. The molecule has 0 saturated carbocycles. The molecule has 2 unspecified atom stereocenters. The molecule has 1 aromatic heterocycles. The Morgan fingerprint density at radius 2 is 2.12 bits per heavy atom. The van der Waals surface area contributed by atoms with Crippen molar-refractivity contribution in [1.29, 1.82) is 0 Å². The van der Waals surface area contributed by atoms with Crippen LogP contribution in [-0.4, -0.2) is 16.7 Å². The van der Waals surface area contributed by atoms with Gasteiger partial charge in [0.05, 0.1) is 11.3 Å². The van der Waals surface area contributed by atoms with E-state index in [4.69, 9.17) is 9.15 Å². The Bertz CT molecular complexity index is 692. The third kappa shape index (κ3) is 7.70. The highest BCUT2D eigenvalue weighted by atomic mass is 31.1. The van der Waals surface area contributed by atoms with Gasteiger partial charge < -0.3 is 9.15 Å². The summed E-state index contributed by atoms with van der Waals surface area (Å²) in [4.78, 5) is 4.22. The summed E-state index contributed by atoms with van der Waals surface area (Å²) < 4.78 is 11.5. The number of benzene rings is 1. The van der Waals surface area contributed by atoms with E-state index >= 15 is 0 Å². The summed E-state index contributed by atoms with van der Waals surface area (Å²) in [5, 5.41) is -0.352. The van der Waals surface area contributed by atoms with Crippen LogP contribution in [-0.2, 0) is 11.2 Å². The first-order chi connectivity index (χ1) is 12.4. The second-order valence-electron chi connectivity index (χ2n) is 7.27. The van der Waals surface area contributed by atoms with Gasteiger partial charge in [0.25, 0.3) is 0 Å². The zero-order chi connectivity index (χ0) is 19.0. The highest BCUT2D eigenvalue weighted by Gasteiger charge is 2.20. The summed E-state index contributed by atoms with van der Waals surface area (Å²) in [5.41, 5.74) is 3.59. The molecule has 2 aromatic rings. The SMILES string of the molecule is CC(C)=CCC[C@H](C)CCOC(P)(P)Cc1cccc(-c2ncco2)c1. The average Bonchev–Trinajstić information content (AvgIpc) is 3.08. The van der Waals surface area contributed by atoms with Crippen molar-refractivity contribution in [3.8, 4) is 11.5 Å². The number of hydrogen-bond acceptors (Lipinski definition) is 3. The molecule has 0 N–H and O–H groups in total. The van der Waals surface area contributed by atoms with Crippen molar-refractivity contribution in [1.82, 2.24) is 4.98 Å².